The van der Waals surface area contributed by atoms with Crippen LogP contribution in [0.4, 0.5) is 4.79 Å². The van der Waals surface area contributed by atoms with E-state index in [1.54, 1.807) is 4.90 Å². The maximum absolute atomic E-state index is 12.0. The number of rotatable bonds is 6. The lowest BCUT2D eigenvalue weighted by Crippen LogP contribution is -2.50. The molecule has 1 amide bonds. The average molecular weight is 271 g/mol. The van der Waals surface area contributed by atoms with Crippen molar-refractivity contribution >= 4 is 6.09 Å². The number of carbonyl (C=O) groups is 1. The minimum atomic E-state index is -0.433. The van der Waals surface area contributed by atoms with E-state index in [4.69, 9.17) is 10.5 Å². The van der Waals surface area contributed by atoms with Gasteiger partial charge >= 0.3 is 6.09 Å². The van der Waals surface area contributed by atoms with Gasteiger partial charge in [-0.25, -0.2) is 4.79 Å². The second-order valence-corrected chi connectivity index (χ2v) is 6.35. The SMILES string of the molecule is CCCN(CCNC1CC(N)C1)C(=O)OC(C)(C)C. The van der Waals surface area contributed by atoms with Crippen molar-refractivity contribution in [3.8, 4) is 0 Å². The highest BCUT2D eigenvalue weighted by Gasteiger charge is 2.26. The molecule has 1 rings (SSSR count). The Balaban J connectivity index is 2.28. The molecule has 1 saturated carbocycles. The first kappa shape index (κ1) is 16.2. The Morgan fingerprint density at radius 3 is 2.47 bits per heavy atom. The van der Waals surface area contributed by atoms with Crippen molar-refractivity contribution < 1.29 is 9.53 Å². The van der Waals surface area contributed by atoms with Gasteiger partial charge in [0.1, 0.15) is 5.60 Å². The summed E-state index contributed by atoms with van der Waals surface area (Å²) in [4.78, 5) is 13.8. The number of ether oxygens (including phenoxy) is 1. The Morgan fingerprint density at radius 1 is 1.37 bits per heavy atom. The molecule has 0 bridgehead atoms. The molecule has 0 spiro atoms. The minimum absolute atomic E-state index is 0.221. The molecule has 0 radical (unpaired) electrons. The number of amides is 1. The van der Waals surface area contributed by atoms with Gasteiger partial charge in [0, 0.05) is 31.7 Å². The number of nitrogens with zero attached hydrogens (tertiary/aromatic N) is 1. The van der Waals surface area contributed by atoms with E-state index in [2.05, 4.69) is 12.2 Å². The molecule has 3 N–H and O–H groups in total. The third-order valence-corrected chi connectivity index (χ3v) is 3.13. The standard InChI is InChI=1S/C14H29N3O2/c1-5-7-17(13(18)19-14(2,3)4)8-6-16-12-9-11(15)10-12/h11-12,16H,5-10,15H2,1-4H3. The molecule has 5 heteroatoms. The lowest BCUT2D eigenvalue weighted by molar-refractivity contribution is 0.0249. The Kier molecular flexibility index (Phi) is 6.07. The molecule has 0 aromatic rings. The zero-order chi connectivity index (χ0) is 14.5. The predicted molar refractivity (Wildman–Crippen MR) is 77.1 cm³/mol. The van der Waals surface area contributed by atoms with E-state index in [0.29, 0.717) is 18.6 Å². The molecule has 0 aliphatic heterocycles. The summed E-state index contributed by atoms with van der Waals surface area (Å²) in [7, 11) is 0. The van der Waals surface area contributed by atoms with Gasteiger partial charge in [-0.05, 0) is 40.0 Å². The summed E-state index contributed by atoms with van der Waals surface area (Å²) in [5, 5.41) is 3.43. The number of hydrogen-bond acceptors (Lipinski definition) is 4. The van der Waals surface area contributed by atoms with Crippen LogP contribution in [0, 0.1) is 0 Å². The van der Waals surface area contributed by atoms with Crippen LogP contribution in [0.1, 0.15) is 47.0 Å². The van der Waals surface area contributed by atoms with Gasteiger partial charge in [-0.15, -0.1) is 0 Å². The van der Waals surface area contributed by atoms with Gasteiger partial charge in [-0.3, -0.25) is 0 Å². The Bertz CT molecular complexity index is 283. The molecule has 0 aromatic heterocycles. The molecule has 1 aliphatic rings. The van der Waals surface area contributed by atoms with Crippen LogP contribution in [0.2, 0.25) is 0 Å². The monoisotopic (exact) mass is 271 g/mol. The molecular formula is C14H29N3O2. The van der Waals surface area contributed by atoms with Crippen LogP contribution in [0.5, 0.6) is 0 Å². The number of carbonyl (C=O) groups excluding carboxylic acids is 1. The Morgan fingerprint density at radius 2 is 2.00 bits per heavy atom. The summed E-state index contributed by atoms with van der Waals surface area (Å²) < 4.78 is 5.41. The highest BCUT2D eigenvalue weighted by Crippen LogP contribution is 2.17. The second kappa shape index (κ2) is 7.10. The third-order valence-electron chi connectivity index (χ3n) is 3.13. The fraction of sp³-hybridized carbons (Fsp3) is 0.929. The van der Waals surface area contributed by atoms with Crippen molar-refractivity contribution in [1.82, 2.24) is 10.2 Å². The maximum Gasteiger partial charge on any atom is 0.410 e. The molecule has 0 saturated heterocycles. The quantitative estimate of drug-likeness (QED) is 0.772. The lowest BCUT2D eigenvalue weighted by Gasteiger charge is -2.34. The second-order valence-electron chi connectivity index (χ2n) is 6.35. The van der Waals surface area contributed by atoms with E-state index in [-0.39, 0.29) is 6.09 Å². The Labute approximate surface area is 116 Å². The predicted octanol–water partition coefficient (Wildman–Crippen LogP) is 1.71. The van der Waals surface area contributed by atoms with Crippen LogP contribution in [0.3, 0.4) is 0 Å². The van der Waals surface area contributed by atoms with Gasteiger partial charge in [0.2, 0.25) is 0 Å². The van der Waals surface area contributed by atoms with Gasteiger partial charge in [-0.1, -0.05) is 6.92 Å². The van der Waals surface area contributed by atoms with E-state index in [9.17, 15) is 4.79 Å². The number of nitrogens with one attached hydrogen (secondary N) is 1. The maximum atomic E-state index is 12.0. The van der Waals surface area contributed by atoms with Crippen LogP contribution < -0.4 is 11.1 Å². The van der Waals surface area contributed by atoms with Crippen molar-refractivity contribution in [3.05, 3.63) is 0 Å². The van der Waals surface area contributed by atoms with Gasteiger partial charge in [0.25, 0.3) is 0 Å². The summed E-state index contributed by atoms with van der Waals surface area (Å²) in [6, 6.07) is 0.882. The summed E-state index contributed by atoms with van der Waals surface area (Å²) >= 11 is 0. The van der Waals surface area contributed by atoms with Gasteiger partial charge in [-0.2, -0.15) is 0 Å². The first-order valence-electron chi connectivity index (χ1n) is 7.28. The largest absolute Gasteiger partial charge is 0.444 e. The third kappa shape index (κ3) is 6.25. The van der Waals surface area contributed by atoms with Crippen molar-refractivity contribution in [3.63, 3.8) is 0 Å². The molecule has 1 aliphatic carbocycles. The summed E-state index contributed by atoms with van der Waals surface area (Å²) in [5.74, 6) is 0. The van der Waals surface area contributed by atoms with Crippen LogP contribution in [-0.4, -0.2) is 48.3 Å². The van der Waals surface area contributed by atoms with Crippen LogP contribution >= 0.6 is 0 Å². The van der Waals surface area contributed by atoms with Crippen LogP contribution in [0.15, 0.2) is 0 Å². The molecular weight excluding hydrogens is 242 g/mol. The zero-order valence-corrected chi connectivity index (χ0v) is 12.7. The molecule has 19 heavy (non-hydrogen) atoms. The first-order valence-corrected chi connectivity index (χ1v) is 7.28. The molecule has 112 valence electrons. The van der Waals surface area contributed by atoms with E-state index in [1.165, 1.54) is 0 Å². The topological polar surface area (TPSA) is 67.6 Å². The van der Waals surface area contributed by atoms with E-state index < -0.39 is 5.60 Å². The van der Waals surface area contributed by atoms with Crippen molar-refractivity contribution in [2.45, 2.75) is 64.6 Å². The smallest absolute Gasteiger partial charge is 0.410 e. The van der Waals surface area contributed by atoms with E-state index >= 15 is 0 Å². The molecule has 0 heterocycles. The number of nitrogens with two attached hydrogens (primary N) is 1. The van der Waals surface area contributed by atoms with Gasteiger partial charge in [0.15, 0.2) is 0 Å². The molecule has 0 aromatic carbocycles. The zero-order valence-electron chi connectivity index (χ0n) is 12.7. The summed E-state index contributed by atoms with van der Waals surface area (Å²) in [6.45, 7) is 9.97. The van der Waals surface area contributed by atoms with Crippen LogP contribution in [0.25, 0.3) is 0 Å². The van der Waals surface area contributed by atoms with Gasteiger partial charge < -0.3 is 20.7 Å². The van der Waals surface area contributed by atoms with Gasteiger partial charge in [0.05, 0.1) is 0 Å². The average Bonchev–Trinajstić information content (AvgIpc) is 2.22. The molecule has 1 fully saturated rings. The molecule has 0 unspecified atom stereocenters. The highest BCUT2D eigenvalue weighted by atomic mass is 16.6. The molecule has 5 nitrogen and oxygen atoms in total. The van der Waals surface area contributed by atoms with Crippen molar-refractivity contribution in [2.75, 3.05) is 19.6 Å². The molecule has 0 atom stereocenters. The highest BCUT2D eigenvalue weighted by molar-refractivity contribution is 5.68. The fourth-order valence-electron chi connectivity index (χ4n) is 2.12. The lowest BCUT2D eigenvalue weighted by atomic mass is 9.88. The van der Waals surface area contributed by atoms with Crippen LogP contribution in [-0.2, 0) is 4.74 Å². The fourth-order valence-corrected chi connectivity index (χ4v) is 2.12. The summed E-state index contributed by atoms with van der Waals surface area (Å²) in [6.07, 6.45) is 2.80. The van der Waals surface area contributed by atoms with E-state index in [1.807, 2.05) is 20.8 Å². The van der Waals surface area contributed by atoms with E-state index in [0.717, 1.165) is 32.4 Å². The van der Waals surface area contributed by atoms with Crippen molar-refractivity contribution in [1.29, 1.82) is 0 Å². The number of hydrogen-bond donors (Lipinski definition) is 2. The first-order chi connectivity index (χ1) is 8.81. The Hall–Kier alpha value is -0.810. The minimum Gasteiger partial charge on any atom is -0.444 e. The normalized spacial score (nSPS) is 22.8. The summed E-state index contributed by atoms with van der Waals surface area (Å²) in [5.41, 5.74) is 5.31. The van der Waals surface area contributed by atoms with Crippen molar-refractivity contribution in [2.24, 2.45) is 5.73 Å².